The lowest BCUT2D eigenvalue weighted by Crippen LogP contribution is -2.02. The van der Waals surface area contributed by atoms with Crippen LogP contribution in [0.3, 0.4) is 0 Å². The molecule has 0 spiro atoms. The fourth-order valence-corrected chi connectivity index (χ4v) is 8.76. The molecule has 0 saturated heterocycles. The highest BCUT2D eigenvalue weighted by Gasteiger charge is 2.21. The number of nitrogens with zero attached hydrogens (tertiary/aromatic N) is 5. The van der Waals surface area contributed by atoms with Gasteiger partial charge >= 0.3 is 0 Å². The van der Waals surface area contributed by atoms with Crippen molar-refractivity contribution >= 4 is 71.1 Å². The number of hydrogen-bond acceptors (Lipinski definition) is 1. The minimum Gasteiger partial charge on any atom is -0.309 e. The van der Waals surface area contributed by atoms with E-state index in [0.717, 1.165) is 71.8 Å². The molecule has 11 rings (SSSR count). The van der Waals surface area contributed by atoms with E-state index in [2.05, 4.69) is 176 Å². The summed E-state index contributed by atoms with van der Waals surface area (Å²) in [7, 11) is 0. The molecule has 0 aliphatic carbocycles. The molecule has 0 aliphatic heterocycles. The summed E-state index contributed by atoms with van der Waals surface area (Å²) in [5.41, 5.74) is 12.8. The molecule has 11 aromatic rings. The van der Waals surface area contributed by atoms with E-state index in [1.807, 2.05) is 24.3 Å². The molecular weight excluding hydrogens is 671 g/mol. The third-order valence-corrected chi connectivity index (χ3v) is 11.1. The molecule has 3 heterocycles. The molecule has 0 aliphatic rings. The topological polar surface area (TPSA) is 42.9 Å². The number of fused-ring (bicyclic) bond motifs is 9. The lowest BCUT2D eigenvalue weighted by molar-refractivity contribution is 1.15. The minimum atomic E-state index is 0.590. The van der Waals surface area contributed by atoms with Crippen molar-refractivity contribution in [2.24, 2.45) is 0 Å². The molecule has 0 fully saturated rings. The Morgan fingerprint density at radius 2 is 0.873 bits per heavy atom. The summed E-state index contributed by atoms with van der Waals surface area (Å²) in [6.45, 7) is 7.69. The van der Waals surface area contributed by atoms with Crippen molar-refractivity contribution < 1.29 is 0 Å². The van der Waals surface area contributed by atoms with Gasteiger partial charge in [0.1, 0.15) is 0 Å². The Morgan fingerprint density at radius 3 is 1.49 bits per heavy atom. The molecule has 0 N–H and O–H groups in total. The maximum atomic E-state index is 10.3. The van der Waals surface area contributed by atoms with Crippen LogP contribution in [0.5, 0.6) is 0 Å². The highest BCUT2D eigenvalue weighted by molar-refractivity contribution is 6.13. The van der Waals surface area contributed by atoms with Crippen LogP contribution in [0.2, 0.25) is 0 Å². The molecule has 0 atom stereocenters. The van der Waals surface area contributed by atoms with E-state index in [1.54, 1.807) is 0 Å². The average molecular weight is 700 g/mol. The van der Waals surface area contributed by atoms with Crippen molar-refractivity contribution in [2.75, 3.05) is 0 Å². The molecule has 5 nitrogen and oxygen atoms in total. The molecule has 8 aromatic carbocycles. The number of para-hydroxylation sites is 5. The summed E-state index contributed by atoms with van der Waals surface area (Å²) in [5, 5.41) is 17.1. The first-order valence-electron chi connectivity index (χ1n) is 18.3. The van der Waals surface area contributed by atoms with Crippen LogP contribution in [0.15, 0.2) is 176 Å². The first-order chi connectivity index (χ1) is 27.2. The van der Waals surface area contributed by atoms with Crippen molar-refractivity contribution in [2.45, 2.75) is 0 Å². The van der Waals surface area contributed by atoms with Gasteiger partial charge in [0.15, 0.2) is 5.69 Å². The van der Waals surface area contributed by atoms with Crippen molar-refractivity contribution in [3.63, 3.8) is 0 Å². The van der Waals surface area contributed by atoms with Gasteiger partial charge in [0.05, 0.1) is 62.7 Å². The largest absolute Gasteiger partial charge is 0.309 e. The van der Waals surface area contributed by atoms with Crippen LogP contribution in [0.1, 0.15) is 5.56 Å². The molecule has 0 saturated carbocycles. The van der Waals surface area contributed by atoms with E-state index in [0.29, 0.717) is 11.3 Å². The van der Waals surface area contributed by atoms with Gasteiger partial charge in [0, 0.05) is 43.7 Å². The molecule has 55 heavy (non-hydrogen) atoms. The summed E-state index contributed by atoms with van der Waals surface area (Å²) in [5.74, 6) is 0. The van der Waals surface area contributed by atoms with Gasteiger partial charge in [-0.1, -0.05) is 103 Å². The summed E-state index contributed by atoms with van der Waals surface area (Å²) >= 11 is 0. The van der Waals surface area contributed by atoms with E-state index in [9.17, 15) is 5.26 Å². The minimum absolute atomic E-state index is 0.590. The number of aromatic nitrogens is 3. The number of nitriles is 1. The molecule has 0 radical (unpaired) electrons. The molecule has 254 valence electrons. The van der Waals surface area contributed by atoms with E-state index in [1.165, 1.54) is 21.8 Å². The zero-order valence-electron chi connectivity index (χ0n) is 29.5. The van der Waals surface area contributed by atoms with Gasteiger partial charge in [-0.15, -0.1) is 0 Å². The summed E-state index contributed by atoms with van der Waals surface area (Å²) in [6.07, 6.45) is 0. The van der Waals surface area contributed by atoms with Gasteiger partial charge in [-0.3, -0.25) is 0 Å². The third-order valence-electron chi connectivity index (χ3n) is 11.1. The number of hydrogen-bond donors (Lipinski definition) is 0. The van der Waals surface area contributed by atoms with Crippen LogP contribution >= 0.6 is 0 Å². The van der Waals surface area contributed by atoms with E-state index in [-0.39, 0.29) is 0 Å². The SMILES string of the molecule is [C-]#[N+]c1ccc2c(c1)c1ccccc1n2-c1ccccc1-c1ccc(C#N)cc1-n1c2ccccc2c2cc(-n3c4ccccc4c4ccccc43)ccc21. The van der Waals surface area contributed by atoms with Crippen LogP contribution in [0.25, 0.3) is 98.5 Å². The molecule has 0 unspecified atom stereocenters. The first kappa shape index (κ1) is 30.7. The van der Waals surface area contributed by atoms with Gasteiger partial charge in [0.2, 0.25) is 0 Å². The zero-order chi connectivity index (χ0) is 36.6. The van der Waals surface area contributed by atoms with E-state index >= 15 is 0 Å². The second kappa shape index (κ2) is 11.8. The fraction of sp³-hybridized carbons (Fsp3) is 0. The van der Waals surface area contributed by atoms with Gasteiger partial charge in [-0.2, -0.15) is 5.26 Å². The average Bonchev–Trinajstić information content (AvgIpc) is 3.88. The second-order valence-corrected chi connectivity index (χ2v) is 14.0. The van der Waals surface area contributed by atoms with E-state index < -0.39 is 0 Å². The predicted octanol–water partition coefficient (Wildman–Crippen LogP) is 13.1. The Morgan fingerprint density at radius 1 is 0.400 bits per heavy atom. The first-order valence-corrected chi connectivity index (χ1v) is 18.3. The Labute approximate surface area is 316 Å². The molecule has 0 bridgehead atoms. The highest BCUT2D eigenvalue weighted by Crippen LogP contribution is 2.42. The standard InChI is InChI=1S/C50H29N5/c1-52-33-23-26-48-41(29-33)38-15-5-10-20-46(38)54(48)45-19-9-4-14-37(45)40-25-22-32(31-51)28-50(40)55-47-21-11-6-16-39(47)42-30-34(24-27-49(42)55)53-43-17-7-2-12-35(43)36-13-3-8-18-44(36)53/h2-30H. The van der Waals surface area contributed by atoms with Crippen molar-refractivity contribution in [1.82, 2.24) is 13.7 Å². The van der Waals surface area contributed by atoms with Crippen LogP contribution in [0.4, 0.5) is 5.69 Å². The maximum absolute atomic E-state index is 10.3. The van der Waals surface area contributed by atoms with Crippen molar-refractivity contribution in [3.05, 3.63) is 193 Å². The lowest BCUT2D eigenvalue weighted by atomic mass is 9.99. The highest BCUT2D eigenvalue weighted by atomic mass is 15.0. The Hall–Kier alpha value is -7.86. The molecule has 5 heteroatoms. The van der Waals surface area contributed by atoms with Gasteiger partial charge in [0.25, 0.3) is 0 Å². The zero-order valence-corrected chi connectivity index (χ0v) is 29.5. The normalized spacial score (nSPS) is 11.6. The molecule has 3 aromatic heterocycles. The lowest BCUT2D eigenvalue weighted by Gasteiger charge is -2.19. The predicted molar refractivity (Wildman–Crippen MR) is 226 cm³/mol. The van der Waals surface area contributed by atoms with Crippen molar-refractivity contribution in [3.8, 4) is 34.3 Å². The monoisotopic (exact) mass is 699 g/mol. The quantitative estimate of drug-likeness (QED) is 0.169. The van der Waals surface area contributed by atoms with Gasteiger partial charge in [-0.25, -0.2) is 4.85 Å². The summed E-state index contributed by atoms with van der Waals surface area (Å²) in [4.78, 5) is 3.74. The summed E-state index contributed by atoms with van der Waals surface area (Å²) < 4.78 is 6.99. The fourth-order valence-electron chi connectivity index (χ4n) is 8.76. The van der Waals surface area contributed by atoms with Crippen LogP contribution in [0, 0.1) is 17.9 Å². The van der Waals surface area contributed by atoms with E-state index in [4.69, 9.17) is 6.57 Å². The molecular formula is C50H29N5. The summed E-state index contributed by atoms with van der Waals surface area (Å²) in [6, 6.07) is 63.8. The Balaban J connectivity index is 1.19. The maximum Gasteiger partial charge on any atom is 0.188 e. The number of rotatable bonds is 4. The smallest absolute Gasteiger partial charge is 0.188 e. The van der Waals surface area contributed by atoms with Crippen LogP contribution in [-0.4, -0.2) is 13.7 Å². The van der Waals surface area contributed by atoms with Crippen LogP contribution in [-0.2, 0) is 0 Å². The Kier molecular flexibility index (Phi) is 6.61. The Bertz CT molecular complexity index is 3420. The second-order valence-electron chi connectivity index (χ2n) is 14.0. The van der Waals surface area contributed by atoms with Crippen molar-refractivity contribution in [1.29, 1.82) is 5.26 Å². The third kappa shape index (κ3) is 4.45. The molecule has 0 amide bonds. The van der Waals surface area contributed by atoms with Crippen LogP contribution < -0.4 is 0 Å². The number of benzene rings is 8. The van der Waals surface area contributed by atoms with Gasteiger partial charge < -0.3 is 13.7 Å². The van der Waals surface area contributed by atoms with Gasteiger partial charge in [-0.05, 0) is 78.2 Å².